The highest BCUT2D eigenvalue weighted by Crippen LogP contribution is 2.31. The summed E-state index contributed by atoms with van der Waals surface area (Å²) in [6.45, 7) is 5.80. The van der Waals surface area contributed by atoms with Gasteiger partial charge >= 0.3 is 5.97 Å². The first-order valence-electron chi connectivity index (χ1n) is 6.94. The zero-order chi connectivity index (χ0) is 15.5. The molecular formula is C18H15NO3. The van der Waals surface area contributed by atoms with Crippen LogP contribution in [0, 0.1) is 0 Å². The van der Waals surface area contributed by atoms with Crippen LogP contribution in [-0.2, 0) is 9.63 Å². The summed E-state index contributed by atoms with van der Waals surface area (Å²) >= 11 is 0. The Kier molecular flexibility index (Phi) is 3.74. The zero-order valence-corrected chi connectivity index (χ0v) is 12.2. The van der Waals surface area contributed by atoms with Crippen molar-refractivity contribution in [2.75, 3.05) is 6.61 Å². The molecule has 0 fully saturated rings. The second-order valence-electron chi connectivity index (χ2n) is 4.91. The molecule has 0 spiro atoms. The van der Waals surface area contributed by atoms with Crippen LogP contribution in [0.15, 0.2) is 59.8 Å². The average molecular weight is 293 g/mol. The van der Waals surface area contributed by atoms with Crippen molar-refractivity contribution in [2.24, 2.45) is 5.16 Å². The van der Waals surface area contributed by atoms with Crippen LogP contribution in [0.25, 0.3) is 16.8 Å². The van der Waals surface area contributed by atoms with Gasteiger partial charge in [-0.25, -0.2) is 4.79 Å². The van der Waals surface area contributed by atoms with Gasteiger partial charge in [-0.2, -0.15) is 0 Å². The Morgan fingerprint density at radius 2 is 2.09 bits per heavy atom. The van der Waals surface area contributed by atoms with Crippen LogP contribution >= 0.6 is 0 Å². The molecular weight excluding hydrogens is 278 g/mol. The van der Waals surface area contributed by atoms with Crippen LogP contribution in [0.5, 0.6) is 5.75 Å². The molecule has 0 aliphatic carbocycles. The van der Waals surface area contributed by atoms with E-state index in [0.717, 1.165) is 16.3 Å². The summed E-state index contributed by atoms with van der Waals surface area (Å²) in [5.41, 5.74) is 1.84. The monoisotopic (exact) mass is 293 g/mol. The number of hydrogen-bond acceptors (Lipinski definition) is 4. The van der Waals surface area contributed by atoms with Gasteiger partial charge in [-0.1, -0.05) is 48.1 Å². The lowest BCUT2D eigenvalue weighted by molar-refractivity contribution is -0.136. The predicted molar refractivity (Wildman–Crippen MR) is 86.8 cm³/mol. The summed E-state index contributed by atoms with van der Waals surface area (Å²) in [5.74, 6) is 0.249. The standard InChI is InChI=1S/C18H15NO3/c1-3-10-21-17-9-8-13-6-4-5-7-14(13)16(17)11-15-12(2)19-22-18(15)20/h3-9,11H,1,10H2,2H3/b15-11+. The lowest BCUT2D eigenvalue weighted by Gasteiger charge is -2.11. The number of hydrogen-bond donors (Lipinski definition) is 0. The minimum absolute atomic E-state index is 0.395. The normalized spacial score (nSPS) is 15.8. The maximum Gasteiger partial charge on any atom is 0.367 e. The van der Waals surface area contributed by atoms with Crippen molar-refractivity contribution in [3.8, 4) is 5.75 Å². The largest absolute Gasteiger partial charge is 0.489 e. The minimum Gasteiger partial charge on any atom is -0.489 e. The molecule has 0 aromatic heterocycles. The summed E-state index contributed by atoms with van der Waals surface area (Å²) < 4.78 is 5.72. The topological polar surface area (TPSA) is 47.9 Å². The molecule has 0 saturated heterocycles. The molecule has 110 valence electrons. The number of carbonyl (C=O) groups excluding carboxylic acids is 1. The molecule has 3 rings (SSSR count). The average Bonchev–Trinajstić information content (AvgIpc) is 2.86. The molecule has 0 amide bonds. The SMILES string of the molecule is C=CCOc1ccc2ccccc2c1/C=C1/C(=O)ON=C1C. The summed E-state index contributed by atoms with van der Waals surface area (Å²) in [7, 11) is 0. The lowest BCUT2D eigenvalue weighted by Crippen LogP contribution is -2.03. The molecule has 4 nitrogen and oxygen atoms in total. The Morgan fingerprint density at radius 1 is 1.27 bits per heavy atom. The predicted octanol–water partition coefficient (Wildman–Crippen LogP) is 3.72. The molecule has 0 atom stereocenters. The van der Waals surface area contributed by atoms with Crippen LogP contribution in [0.4, 0.5) is 0 Å². The van der Waals surface area contributed by atoms with Crippen LogP contribution in [0.3, 0.4) is 0 Å². The van der Waals surface area contributed by atoms with E-state index in [0.29, 0.717) is 23.6 Å². The van der Waals surface area contributed by atoms with Crippen molar-refractivity contribution in [2.45, 2.75) is 6.92 Å². The molecule has 2 aromatic rings. The summed E-state index contributed by atoms with van der Waals surface area (Å²) in [5, 5.41) is 5.78. The van der Waals surface area contributed by atoms with Crippen LogP contribution in [-0.4, -0.2) is 18.3 Å². The van der Waals surface area contributed by atoms with Crippen molar-refractivity contribution in [3.63, 3.8) is 0 Å². The maximum atomic E-state index is 11.8. The van der Waals surface area contributed by atoms with E-state index in [1.54, 1.807) is 19.1 Å². The molecule has 1 aliphatic heterocycles. The first-order chi connectivity index (χ1) is 10.7. The smallest absolute Gasteiger partial charge is 0.367 e. The van der Waals surface area contributed by atoms with Gasteiger partial charge < -0.3 is 9.57 Å². The lowest BCUT2D eigenvalue weighted by atomic mass is 10.00. The molecule has 4 heteroatoms. The van der Waals surface area contributed by atoms with Gasteiger partial charge in [0.05, 0.1) is 11.3 Å². The van der Waals surface area contributed by atoms with E-state index in [1.807, 2.05) is 36.4 Å². The fourth-order valence-electron chi connectivity index (χ4n) is 2.36. The molecule has 22 heavy (non-hydrogen) atoms. The van der Waals surface area contributed by atoms with Gasteiger partial charge in [-0.05, 0) is 29.8 Å². The van der Waals surface area contributed by atoms with Gasteiger partial charge in [0.2, 0.25) is 0 Å². The van der Waals surface area contributed by atoms with Crippen molar-refractivity contribution in [1.29, 1.82) is 0 Å². The zero-order valence-electron chi connectivity index (χ0n) is 12.2. The Balaban J connectivity index is 2.20. The number of oxime groups is 1. The second-order valence-corrected chi connectivity index (χ2v) is 4.91. The highest BCUT2D eigenvalue weighted by molar-refractivity contribution is 6.25. The van der Waals surface area contributed by atoms with Crippen LogP contribution < -0.4 is 4.74 Å². The van der Waals surface area contributed by atoms with E-state index in [4.69, 9.17) is 9.57 Å². The molecule has 1 heterocycles. The number of carbonyl (C=O) groups is 1. The molecule has 0 unspecified atom stereocenters. The minimum atomic E-state index is -0.444. The van der Waals surface area contributed by atoms with Crippen molar-refractivity contribution < 1.29 is 14.4 Å². The molecule has 0 bridgehead atoms. The molecule has 0 N–H and O–H groups in total. The number of fused-ring (bicyclic) bond motifs is 1. The molecule has 0 saturated carbocycles. The van der Waals surface area contributed by atoms with E-state index < -0.39 is 5.97 Å². The number of ether oxygens (including phenoxy) is 1. The Labute approximate surface area is 128 Å². The highest BCUT2D eigenvalue weighted by Gasteiger charge is 2.23. The third-order valence-corrected chi connectivity index (χ3v) is 3.45. The molecule has 1 aliphatic rings. The van der Waals surface area contributed by atoms with E-state index in [9.17, 15) is 4.79 Å². The molecule has 0 radical (unpaired) electrons. The van der Waals surface area contributed by atoms with Crippen molar-refractivity contribution in [3.05, 3.63) is 60.2 Å². The van der Waals surface area contributed by atoms with E-state index in [1.165, 1.54) is 0 Å². The van der Waals surface area contributed by atoms with E-state index in [2.05, 4.69) is 11.7 Å². The number of benzene rings is 2. The fourth-order valence-corrected chi connectivity index (χ4v) is 2.36. The first-order valence-corrected chi connectivity index (χ1v) is 6.94. The number of rotatable bonds is 4. The number of nitrogens with zero attached hydrogens (tertiary/aromatic N) is 1. The summed E-state index contributed by atoms with van der Waals surface area (Å²) in [6.07, 6.45) is 3.46. The van der Waals surface area contributed by atoms with Gasteiger partial charge in [0.25, 0.3) is 0 Å². The van der Waals surface area contributed by atoms with Gasteiger partial charge in [0.1, 0.15) is 12.4 Å². The summed E-state index contributed by atoms with van der Waals surface area (Å²) in [4.78, 5) is 16.5. The third-order valence-electron chi connectivity index (χ3n) is 3.45. The van der Waals surface area contributed by atoms with Crippen molar-refractivity contribution in [1.82, 2.24) is 0 Å². The van der Waals surface area contributed by atoms with Crippen molar-refractivity contribution >= 4 is 28.5 Å². The van der Waals surface area contributed by atoms with E-state index >= 15 is 0 Å². The van der Waals surface area contributed by atoms with Gasteiger partial charge in [-0.3, -0.25) is 0 Å². The van der Waals surface area contributed by atoms with Gasteiger partial charge in [-0.15, -0.1) is 0 Å². The Hall–Kier alpha value is -2.88. The van der Waals surface area contributed by atoms with Gasteiger partial charge in [0.15, 0.2) is 0 Å². The van der Waals surface area contributed by atoms with Gasteiger partial charge in [0, 0.05) is 5.56 Å². The van der Waals surface area contributed by atoms with Crippen LogP contribution in [0.1, 0.15) is 12.5 Å². The Bertz CT molecular complexity index is 818. The summed E-state index contributed by atoms with van der Waals surface area (Å²) in [6, 6.07) is 11.8. The fraction of sp³-hybridized carbons (Fsp3) is 0.111. The quantitative estimate of drug-likeness (QED) is 0.490. The van der Waals surface area contributed by atoms with E-state index in [-0.39, 0.29) is 0 Å². The first kappa shape index (κ1) is 14.1. The van der Waals surface area contributed by atoms with Crippen LogP contribution in [0.2, 0.25) is 0 Å². The maximum absolute atomic E-state index is 11.8. The second kappa shape index (κ2) is 5.85. The Morgan fingerprint density at radius 3 is 2.82 bits per heavy atom. The highest BCUT2D eigenvalue weighted by atomic mass is 16.7. The molecule has 2 aromatic carbocycles. The third kappa shape index (κ3) is 2.51.